The number of fused-ring (bicyclic) bond motifs is 1. The molecule has 0 bridgehead atoms. The fourth-order valence-corrected chi connectivity index (χ4v) is 4.22. The first-order valence-corrected chi connectivity index (χ1v) is 10.8. The zero-order valence-corrected chi connectivity index (χ0v) is 18.9. The minimum atomic E-state index is -0.578. The summed E-state index contributed by atoms with van der Waals surface area (Å²) in [6.45, 7) is 2.14. The molecular formula is C27H26N2O4. The summed E-state index contributed by atoms with van der Waals surface area (Å²) in [5.41, 5.74) is 6.96. The molecule has 0 heterocycles. The molecule has 6 nitrogen and oxygen atoms in total. The number of nitrogens with zero attached hydrogens (tertiary/aromatic N) is 2. The van der Waals surface area contributed by atoms with Gasteiger partial charge in [-0.05, 0) is 23.6 Å². The predicted octanol–water partition coefficient (Wildman–Crippen LogP) is 4.98. The lowest BCUT2D eigenvalue weighted by Crippen LogP contribution is -2.20. The number of methoxy groups -OCH3 is 1. The second kappa shape index (κ2) is 10.1. The van der Waals surface area contributed by atoms with Crippen LogP contribution in [0, 0.1) is 6.92 Å². The van der Waals surface area contributed by atoms with Crippen LogP contribution in [0.5, 0.6) is 0 Å². The van der Waals surface area contributed by atoms with Crippen LogP contribution in [0.25, 0.3) is 0 Å². The quantitative estimate of drug-likeness (QED) is 0.294. The van der Waals surface area contributed by atoms with Gasteiger partial charge in [0, 0.05) is 29.0 Å². The van der Waals surface area contributed by atoms with Crippen LogP contribution >= 0.6 is 0 Å². The summed E-state index contributed by atoms with van der Waals surface area (Å²) < 4.78 is 4.87. The molecule has 4 rings (SSSR count). The summed E-state index contributed by atoms with van der Waals surface area (Å²) in [6, 6.07) is 24.3. The van der Waals surface area contributed by atoms with Crippen molar-refractivity contribution >= 4 is 17.4 Å². The van der Waals surface area contributed by atoms with Gasteiger partial charge in [-0.1, -0.05) is 83.1 Å². The number of benzene rings is 3. The number of carbonyl (C=O) groups excluding carboxylic acids is 1. The Hall–Kier alpha value is -3.93. The largest absolute Gasteiger partial charge is 0.464 e. The van der Waals surface area contributed by atoms with Crippen molar-refractivity contribution in [1.82, 2.24) is 0 Å². The maximum atomic E-state index is 12.3. The maximum Gasteiger partial charge on any atom is 0.360 e. The molecule has 0 fully saturated rings. The molecule has 1 atom stereocenters. The minimum absolute atomic E-state index is 0.0882. The van der Waals surface area contributed by atoms with Gasteiger partial charge in [0.25, 0.3) is 0 Å². The molecule has 1 aliphatic rings. The van der Waals surface area contributed by atoms with E-state index in [4.69, 9.17) is 14.4 Å². The van der Waals surface area contributed by atoms with Gasteiger partial charge >= 0.3 is 5.97 Å². The van der Waals surface area contributed by atoms with E-state index in [-0.39, 0.29) is 18.2 Å². The first-order valence-electron chi connectivity index (χ1n) is 10.8. The van der Waals surface area contributed by atoms with Crippen LogP contribution < -0.4 is 0 Å². The van der Waals surface area contributed by atoms with Crippen LogP contribution in [0.4, 0.5) is 0 Å². The van der Waals surface area contributed by atoms with Gasteiger partial charge in [-0.3, -0.25) is 0 Å². The van der Waals surface area contributed by atoms with Gasteiger partial charge in [0.2, 0.25) is 0 Å². The van der Waals surface area contributed by atoms with Gasteiger partial charge in [-0.2, -0.15) is 0 Å². The molecule has 0 N–H and O–H groups in total. The Labute approximate surface area is 193 Å². The highest BCUT2D eigenvalue weighted by atomic mass is 16.6. The Kier molecular flexibility index (Phi) is 6.83. The molecule has 1 aliphatic carbocycles. The minimum Gasteiger partial charge on any atom is -0.464 e. The van der Waals surface area contributed by atoms with E-state index in [9.17, 15) is 4.79 Å². The predicted molar refractivity (Wildman–Crippen MR) is 127 cm³/mol. The molecule has 0 saturated heterocycles. The van der Waals surface area contributed by atoms with E-state index < -0.39 is 5.97 Å². The molecule has 3 aromatic carbocycles. The fraction of sp³-hybridized carbons (Fsp3) is 0.222. The third-order valence-corrected chi connectivity index (χ3v) is 5.86. The van der Waals surface area contributed by atoms with Crippen molar-refractivity contribution in [3.63, 3.8) is 0 Å². The zero-order valence-electron chi connectivity index (χ0n) is 18.9. The highest BCUT2D eigenvalue weighted by Gasteiger charge is 2.29. The number of ether oxygens (including phenoxy) is 1. The van der Waals surface area contributed by atoms with Gasteiger partial charge < -0.3 is 14.4 Å². The Bertz CT molecular complexity index is 1200. The number of rotatable bonds is 7. The highest BCUT2D eigenvalue weighted by molar-refractivity contribution is 6.43. The van der Waals surface area contributed by atoms with Crippen molar-refractivity contribution in [2.45, 2.75) is 25.9 Å². The van der Waals surface area contributed by atoms with Gasteiger partial charge in [0.05, 0.1) is 12.8 Å². The fourth-order valence-electron chi connectivity index (χ4n) is 4.22. The van der Waals surface area contributed by atoms with Crippen molar-refractivity contribution in [2.75, 3.05) is 14.2 Å². The normalized spacial score (nSPS) is 16.4. The van der Waals surface area contributed by atoms with Crippen LogP contribution in [-0.4, -0.2) is 31.6 Å². The van der Waals surface area contributed by atoms with E-state index >= 15 is 0 Å². The van der Waals surface area contributed by atoms with Crippen LogP contribution in [0.3, 0.4) is 0 Å². The van der Waals surface area contributed by atoms with Gasteiger partial charge in [-0.25, -0.2) is 4.79 Å². The van der Waals surface area contributed by atoms with E-state index in [2.05, 4.69) is 52.8 Å². The van der Waals surface area contributed by atoms with E-state index in [1.165, 1.54) is 25.3 Å². The van der Waals surface area contributed by atoms with E-state index in [0.29, 0.717) is 5.56 Å². The van der Waals surface area contributed by atoms with Crippen LogP contribution in [0.1, 0.15) is 45.7 Å². The Morgan fingerprint density at radius 2 is 1.73 bits per heavy atom. The molecule has 0 radical (unpaired) electrons. The second-order valence-electron chi connectivity index (χ2n) is 7.78. The average molecular weight is 443 g/mol. The molecule has 6 heteroatoms. The lowest BCUT2D eigenvalue weighted by molar-refractivity contribution is -0.132. The summed E-state index contributed by atoms with van der Waals surface area (Å²) in [5, 5.41) is 8.39. The van der Waals surface area contributed by atoms with Gasteiger partial charge in [0.15, 0.2) is 5.71 Å². The molecule has 3 aromatic rings. The van der Waals surface area contributed by atoms with E-state index in [1.54, 1.807) is 6.07 Å². The number of hydrogen-bond acceptors (Lipinski definition) is 6. The van der Waals surface area contributed by atoms with Crippen LogP contribution in [0.2, 0.25) is 0 Å². The Morgan fingerprint density at radius 1 is 0.970 bits per heavy atom. The first kappa shape index (κ1) is 22.3. The summed E-state index contributed by atoms with van der Waals surface area (Å²) in [4.78, 5) is 23.0. The van der Waals surface area contributed by atoms with Crippen molar-refractivity contribution in [3.05, 3.63) is 106 Å². The van der Waals surface area contributed by atoms with Gasteiger partial charge in [-0.15, -0.1) is 0 Å². The summed E-state index contributed by atoms with van der Waals surface area (Å²) in [5.74, 6) is -0.330. The van der Waals surface area contributed by atoms with E-state index in [0.717, 1.165) is 28.8 Å². The standard InChI is InChI=1S/C27H26N2O4/c1-18-10-9-15-22(26(29-32-3)27(30)31-2)24(18)17-33-28-25-16-23(19-11-5-4-6-12-19)20-13-7-8-14-21(20)25/h4-15,23H,16-17H2,1-3H3/b28-25+,29-26+. The molecule has 1 unspecified atom stereocenters. The van der Waals surface area contributed by atoms with Crippen molar-refractivity contribution < 1.29 is 19.2 Å². The van der Waals surface area contributed by atoms with Crippen molar-refractivity contribution in [1.29, 1.82) is 0 Å². The monoisotopic (exact) mass is 442 g/mol. The zero-order chi connectivity index (χ0) is 23.2. The number of aryl methyl sites for hydroxylation is 1. The molecule has 33 heavy (non-hydrogen) atoms. The number of carbonyl (C=O) groups is 1. The third kappa shape index (κ3) is 4.65. The molecule has 0 spiro atoms. The van der Waals surface area contributed by atoms with Crippen LogP contribution in [0.15, 0.2) is 83.1 Å². The lowest BCUT2D eigenvalue weighted by Gasteiger charge is -2.12. The number of esters is 1. The Morgan fingerprint density at radius 3 is 2.48 bits per heavy atom. The van der Waals surface area contributed by atoms with Gasteiger partial charge in [0.1, 0.15) is 13.7 Å². The number of hydrogen-bond donors (Lipinski definition) is 0. The molecular weight excluding hydrogens is 416 g/mol. The lowest BCUT2D eigenvalue weighted by atomic mass is 9.93. The topological polar surface area (TPSA) is 69.5 Å². The molecule has 0 aliphatic heterocycles. The number of oxime groups is 2. The highest BCUT2D eigenvalue weighted by Crippen LogP contribution is 2.38. The molecule has 0 aromatic heterocycles. The average Bonchev–Trinajstić information content (AvgIpc) is 3.22. The SMILES string of the molecule is CO/N=C(/C(=O)OC)c1cccc(C)c1CO/N=C1\CC(c2ccccc2)c2ccccc21. The summed E-state index contributed by atoms with van der Waals surface area (Å²) in [7, 11) is 2.70. The third-order valence-electron chi connectivity index (χ3n) is 5.86. The summed E-state index contributed by atoms with van der Waals surface area (Å²) >= 11 is 0. The molecule has 0 saturated carbocycles. The van der Waals surface area contributed by atoms with Crippen molar-refractivity contribution in [3.8, 4) is 0 Å². The van der Waals surface area contributed by atoms with Crippen LogP contribution in [-0.2, 0) is 25.8 Å². The van der Waals surface area contributed by atoms with E-state index in [1.807, 2.05) is 31.2 Å². The first-order chi connectivity index (χ1) is 16.1. The smallest absolute Gasteiger partial charge is 0.360 e. The van der Waals surface area contributed by atoms with Crippen molar-refractivity contribution in [2.24, 2.45) is 10.3 Å². The molecule has 0 amide bonds. The Balaban J connectivity index is 1.61. The maximum absolute atomic E-state index is 12.3. The molecule has 168 valence electrons. The summed E-state index contributed by atoms with van der Waals surface area (Å²) in [6.07, 6.45) is 0.766. The second-order valence-corrected chi connectivity index (χ2v) is 7.78.